The summed E-state index contributed by atoms with van der Waals surface area (Å²) < 4.78 is 5.50. The van der Waals surface area contributed by atoms with Crippen molar-refractivity contribution in [3.8, 4) is 5.75 Å². The normalized spacial score (nSPS) is 16.2. The van der Waals surface area contributed by atoms with E-state index in [0.717, 1.165) is 5.56 Å². The Balaban J connectivity index is 1.65. The van der Waals surface area contributed by atoms with E-state index in [9.17, 15) is 9.59 Å². The van der Waals surface area contributed by atoms with E-state index in [2.05, 4.69) is 36.6 Å². The van der Waals surface area contributed by atoms with Crippen LogP contribution >= 0.6 is 0 Å². The molecule has 0 aliphatic carbocycles. The highest BCUT2D eigenvalue weighted by molar-refractivity contribution is 6.03. The summed E-state index contributed by atoms with van der Waals surface area (Å²) in [4.78, 5) is 23.8. The summed E-state index contributed by atoms with van der Waals surface area (Å²) in [7, 11) is 0. The first-order valence-electron chi connectivity index (χ1n) is 8.63. The minimum absolute atomic E-state index is 0.203. The van der Waals surface area contributed by atoms with Crippen LogP contribution < -0.4 is 15.4 Å². The number of amides is 2. The molecule has 0 fully saturated rings. The van der Waals surface area contributed by atoms with E-state index in [1.807, 2.05) is 12.1 Å². The van der Waals surface area contributed by atoms with Crippen LogP contribution in [0, 0.1) is 0 Å². The molecule has 134 valence electrons. The molecule has 5 nitrogen and oxygen atoms in total. The summed E-state index contributed by atoms with van der Waals surface area (Å²) in [6.07, 6.45) is 2.73. The standard InChI is InChI=1S/C21H22N2O3/c1-13(2)16-7-4-15(5-8-16)6-11-20(24)22-17-9-10-19-18(12-17)23-21(25)14(3)26-19/h4-14H,1-3H3,(H,22,24)(H,23,25)/b11-6+. The lowest BCUT2D eigenvalue weighted by Crippen LogP contribution is -2.34. The van der Waals surface area contributed by atoms with Crippen LogP contribution in [0.3, 0.4) is 0 Å². The van der Waals surface area contributed by atoms with Crippen LogP contribution in [0.1, 0.15) is 37.8 Å². The topological polar surface area (TPSA) is 67.4 Å². The second kappa shape index (κ2) is 7.44. The van der Waals surface area contributed by atoms with Gasteiger partial charge in [-0.05, 0) is 48.2 Å². The Labute approximate surface area is 153 Å². The zero-order valence-electron chi connectivity index (χ0n) is 15.1. The third-order valence-electron chi connectivity index (χ3n) is 4.21. The molecule has 1 unspecified atom stereocenters. The smallest absolute Gasteiger partial charge is 0.265 e. The Morgan fingerprint density at radius 2 is 1.92 bits per heavy atom. The van der Waals surface area contributed by atoms with Gasteiger partial charge in [-0.3, -0.25) is 9.59 Å². The fraction of sp³-hybridized carbons (Fsp3) is 0.238. The number of carbonyl (C=O) groups is 2. The number of carbonyl (C=O) groups excluding carboxylic acids is 2. The van der Waals surface area contributed by atoms with Gasteiger partial charge in [0, 0.05) is 11.8 Å². The van der Waals surface area contributed by atoms with Gasteiger partial charge in [-0.2, -0.15) is 0 Å². The molecule has 0 spiro atoms. The highest BCUT2D eigenvalue weighted by atomic mass is 16.5. The molecule has 1 heterocycles. The molecule has 0 bridgehead atoms. The highest BCUT2D eigenvalue weighted by Crippen LogP contribution is 2.32. The molecule has 1 atom stereocenters. The van der Waals surface area contributed by atoms with Crippen LogP contribution in [-0.4, -0.2) is 17.9 Å². The van der Waals surface area contributed by atoms with Gasteiger partial charge >= 0.3 is 0 Å². The van der Waals surface area contributed by atoms with Crippen molar-refractivity contribution >= 4 is 29.3 Å². The number of benzene rings is 2. The molecule has 3 rings (SSSR count). The van der Waals surface area contributed by atoms with Gasteiger partial charge in [-0.1, -0.05) is 38.1 Å². The van der Waals surface area contributed by atoms with Crippen molar-refractivity contribution in [2.75, 3.05) is 10.6 Å². The lowest BCUT2D eigenvalue weighted by molar-refractivity contribution is -0.122. The third kappa shape index (κ3) is 4.11. The second-order valence-electron chi connectivity index (χ2n) is 6.60. The molecule has 0 saturated heterocycles. The van der Waals surface area contributed by atoms with Crippen LogP contribution in [0.15, 0.2) is 48.5 Å². The fourth-order valence-electron chi connectivity index (χ4n) is 2.63. The second-order valence-corrected chi connectivity index (χ2v) is 6.60. The number of anilines is 2. The maximum absolute atomic E-state index is 12.1. The fourth-order valence-corrected chi connectivity index (χ4v) is 2.63. The van der Waals surface area contributed by atoms with Crippen molar-refractivity contribution in [3.63, 3.8) is 0 Å². The number of hydrogen-bond donors (Lipinski definition) is 2. The van der Waals surface area contributed by atoms with Crippen molar-refractivity contribution < 1.29 is 14.3 Å². The lowest BCUT2D eigenvalue weighted by Gasteiger charge is -2.23. The monoisotopic (exact) mass is 350 g/mol. The van der Waals surface area contributed by atoms with E-state index in [4.69, 9.17) is 4.74 Å². The molecule has 0 aromatic heterocycles. The van der Waals surface area contributed by atoms with Gasteiger partial charge in [0.2, 0.25) is 5.91 Å². The summed E-state index contributed by atoms with van der Waals surface area (Å²) in [5, 5.41) is 5.55. The van der Waals surface area contributed by atoms with Gasteiger partial charge in [0.25, 0.3) is 5.91 Å². The summed E-state index contributed by atoms with van der Waals surface area (Å²) in [5.74, 6) is 0.628. The van der Waals surface area contributed by atoms with Crippen LogP contribution in [0.5, 0.6) is 5.75 Å². The van der Waals surface area contributed by atoms with Gasteiger partial charge in [-0.25, -0.2) is 0 Å². The molecule has 1 aliphatic rings. The quantitative estimate of drug-likeness (QED) is 0.813. The number of rotatable bonds is 4. The number of hydrogen-bond acceptors (Lipinski definition) is 3. The van der Waals surface area contributed by atoms with E-state index >= 15 is 0 Å². The minimum Gasteiger partial charge on any atom is -0.479 e. The first kappa shape index (κ1) is 17.7. The molecular formula is C21H22N2O3. The average molecular weight is 350 g/mol. The van der Waals surface area contributed by atoms with E-state index in [1.165, 1.54) is 11.6 Å². The van der Waals surface area contributed by atoms with Crippen molar-refractivity contribution in [3.05, 3.63) is 59.7 Å². The Morgan fingerprint density at radius 1 is 1.19 bits per heavy atom. The molecule has 2 aromatic rings. The first-order chi connectivity index (χ1) is 12.4. The number of ether oxygens (including phenoxy) is 1. The molecule has 2 aromatic carbocycles. The number of fused-ring (bicyclic) bond motifs is 1. The predicted molar refractivity (Wildman–Crippen MR) is 103 cm³/mol. The van der Waals surface area contributed by atoms with E-state index in [-0.39, 0.29) is 11.8 Å². The average Bonchev–Trinajstić information content (AvgIpc) is 2.61. The van der Waals surface area contributed by atoms with Gasteiger partial charge < -0.3 is 15.4 Å². The molecule has 1 aliphatic heterocycles. The Hall–Kier alpha value is -3.08. The molecule has 2 amide bonds. The van der Waals surface area contributed by atoms with Crippen molar-refractivity contribution in [2.45, 2.75) is 32.8 Å². The molecule has 5 heteroatoms. The van der Waals surface area contributed by atoms with Crippen LogP contribution in [0.2, 0.25) is 0 Å². The van der Waals surface area contributed by atoms with Crippen molar-refractivity contribution in [1.29, 1.82) is 0 Å². The van der Waals surface area contributed by atoms with Crippen LogP contribution in [-0.2, 0) is 9.59 Å². The van der Waals surface area contributed by atoms with Gasteiger partial charge in [0.15, 0.2) is 6.10 Å². The summed E-state index contributed by atoms with van der Waals surface area (Å²) >= 11 is 0. The summed E-state index contributed by atoms with van der Waals surface area (Å²) in [6.45, 7) is 5.97. The minimum atomic E-state index is -0.520. The first-order valence-corrected chi connectivity index (χ1v) is 8.63. The van der Waals surface area contributed by atoms with E-state index in [1.54, 1.807) is 31.2 Å². The maximum atomic E-state index is 12.1. The SMILES string of the molecule is CC1Oc2ccc(NC(=O)/C=C/c3ccc(C(C)C)cc3)cc2NC1=O. The van der Waals surface area contributed by atoms with E-state index in [0.29, 0.717) is 23.0 Å². The maximum Gasteiger partial charge on any atom is 0.265 e. The Kier molecular flexibility index (Phi) is 5.07. The third-order valence-corrected chi connectivity index (χ3v) is 4.21. The molecule has 26 heavy (non-hydrogen) atoms. The molecule has 0 saturated carbocycles. The summed E-state index contributed by atoms with van der Waals surface area (Å²) in [5.41, 5.74) is 3.37. The highest BCUT2D eigenvalue weighted by Gasteiger charge is 2.23. The number of nitrogens with one attached hydrogen (secondary N) is 2. The molecule has 0 radical (unpaired) electrons. The zero-order chi connectivity index (χ0) is 18.7. The van der Waals surface area contributed by atoms with Gasteiger partial charge in [-0.15, -0.1) is 0 Å². The van der Waals surface area contributed by atoms with E-state index < -0.39 is 6.10 Å². The van der Waals surface area contributed by atoms with Gasteiger partial charge in [0.05, 0.1) is 5.69 Å². The van der Waals surface area contributed by atoms with Gasteiger partial charge in [0.1, 0.15) is 5.75 Å². The molecular weight excluding hydrogens is 328 g/mol. The summed E-state index contributed by atoms with van der Waals surface area (Å²) in [6, 6.07) is 13.3. The van der Waals surface area contributed by atoms with Crippen molar-refractivity contribution in [2.24, 2.45) is 0 Å². The zero-order valence-corrected chi connectivity index (χ0v) is 15.1. The largest absolute Gasteiger partial charge is 0.479 e. The van der Waals surface area contributed by atoms with Crippen LogP contribution in [0.25, 0.3) is 6.08 Å². The Morgan fingerprint density at radius 3 is 2.62 bits per heavy atom. The van der Waals surface area contributed by atoms with Crippen molar-refractivity contribution in [1.82, 2.24) is 0 Å². The predicted octanol–water partition coefficient (Wildman–Crippen LogP) is 4.18. The van der Waals surface area contributed by atoms with Crippen LogP contribution in [0.4, 0.5) is 11.4 Å². The molecule has 2 N–H and O–H groups in total. The Bertz CT molecular complexity index is 854. The lowest BCUT2D eigenvalue weighted by atomic mass is 10.0.